The van der Waals surface area contributed by atoms with E-state index in [-0.39, 0.29) is 17.0 Å². The Balaban J connectivity index is 0.000000219. The van der Waals surface area contributed by atoms with E-state index in [2.05, 4.69) is 0 Å². The normalized spacial score (nSPS) is 15.2. The van der Waals surface area contributed by atoms with Gasteiger partial charge in [0.05, 0.1) is 11.1 Å². The van der Waals surface area contributed by atoms with Gasteiger partial charge in [-0.2, -0.15) is 0 Å². The van der Waals surface area contributed by atoms with Crippen molar-refractivity contribution in [3.63, 3.8) is 0 Å². The van der Waals surface area contributed by atoms with Crippen molar-refractivity contribution in [3.05, 3.63) is 35.4 Å². The number of aromatic carboxylic acids is 2. The van der Waals surface area contributed by atoms with E-state index < -0.39 is 18.2 Å². The van der Waals surface area contributed by atoms with Gasteiger partial charge in [0.2, 0.25) is 0 Å². The van der Waals surface area contributed by atoms with Crippen molar-refractivity contribution < 1.29 is 30.0 Å². The van der Waals surface area contributed by atoms with Gasteiger partial charge in [-0.15, -0.1) is 0 Å². The highest BCUT2D eigenvalue weighted by atomic mass is 16.5. The molecule has 0 bridgehead atoms. The molecule has 1 aromatic carbocycles. The Morgan fingerprint density at radius 3 is 1.76 bits per heavy atom. The topological polar surface area (TPSA) is 115 Å². The van der Waals surface area contributed by atoms with Crippen LogP contribution >= 0.6 is 0 Å². The molecule has 116 valence electrons. The van der Waals surface area contributed by atoms with Crippen LogP contribution in [0.25, 0.3) is 0 Å². The van der Waals surface area contributed by atoms with Crippen molar-refractivity contribution in [2.24, 2.45) is 5.92 Å². The van der Waals surface area contributed by atoms with Crippen molar-refractivity contribution in [1.29, 1.82) is 0 Å². The van der Waals surface area contributed by atoms with Crippen LogP contribution in [0.5, 0.6) is 0 Å². The molecule has 0 spiro atoms. The quantitative estimate of drug-likeness (QED) is 0.634. The molecule has 1 aromatic rings. The first-order valence-corrected chi connectivity index (χ1v) is 6.84. The van der Waals surface area contributed by atoms with Crippen LogP contribution < -0.4 is 0 Å². The number of rotatable bonds is 3. The minimum Gasteiger partial charge on any atom is -0.478 e. The number of benzene rings is 1. The second-order valence-corrected chi connectivity index (χ2v) is 5.00. The highest BCUT2D eigenvalue weighted by Crippen LogP contribution is 2.25. The minimum absolute atomic E-state index is 0.0186. The smallest absolute Gasteiger partial charge is 0.335 e. The number of carbonyl (C=O) groups is 2. The molecule has 2 rings (SSSR count). The molecule has 1 aliphatic rings. The van der Waals surface area contributed by atoms with Crippen LogP contribution in [0.1, 0.15) is 52.8 Å². The number of aliphatic hydroxyl groups excluding tert-OH is 1. The lowest BCUT2D eigenvalue weighted by atomic mass is 9.89. The predicted molar refractivity (Wildman–Crippen MR) is 75.2 cm³/mol. The molecule has 0 amide bonds. The van der Waals surface area contributed by atoms with E-state index in [1.54, 1.807) is 0 Å². The highest BCUT2D eigenvalue weighted by Gasteiger charge is 2.18. The van der Waals surface area contributed by atoms with Crippen LogP contribution in [0.2, 0.25) is 0 Å². The maximum atomic E-state index is 10.4. The lowest BCUT2D eigenvalue weighted by Gasteiger charge is -2.22. The van der Waals surface area contributed by atoms with Crippen molar-refractivity contribution >= 4 is 11.9 Å². The first-order chi connectivity index (χ1) is 9.91. The van der Waals surface area contributed by atoms with Gasteiger partial charge in [-0.25, -0.2) is 9.59 Å². The van der Waals surface area contributed by atoms with Gasteiger partial charge < -0.3 is 20.4 Å². The van der Waals surface area contributed by atoms with Crippen LogP contribution in [-0.2, 0) is 0 Å². The molecule has 1 saturated carbocycles. The van der Waals surface area contributed by atoms with E-state index in [0.717, 1.165) is 18.9 Å². The fourth-order valence-electron chi connectivity index (χ4n) is 2.22. The fraction of sp³-hybridized carbons (Fsp3) is 0.467. The lowest BCUT2D eigenvalue weighted by molar-refractivity contribution is -0.0926. The zero-order valence-electron chi connectivity index (χ0n) is 11.6. The summed E-state index contributed by atoms with van der Waals surface area (Å²) in [5.41, 5.74) is -0.0372. The van der Waals surface area contributed by atoms with Crippen molar-refractivity contribution in [3.8, 4) is 0 Å². The maximum absolute atomic E-state index is 10.4. The third kappa shape index (κ3) is 5.93. The summed E-state index contributed by atoms with van der Waals surface area (Å²) >= 11 is 0. The summed E-state index contributed by atoms with van der Waals surface area (Å²) in [6.07, 6.45) is 4.54. The number of hydrogen-bond donors (Lipinski definition) is 4. The van der Waals surface area contributed by atoms with Crippen LogP contribution in [0, 0.1) is 5.92 Å². The molecule has 0 atom stereocenters. The summed E-state index contributed by atoms with van der Waals surface area (Å²) in [5, 5.41) is 34.5. The van der Waals surface area contributed by atoms with Gasteiger partial charge in [-0.3, -0.25) is 0 Å². The zero-order valence-corrected chi connectivity index (χ0v) is 11.6. The summed E-state index contributed by atoms with van der Waals surface area (Å²) in [5.74, 6) is -2.09. The number of carboxylic acid groups (broad SMARTS) is 2. The molecule has 0 heterocycles. The second kappa shape index (κ2) is 8.39. The van der Waals surface area contributed by atoms with Crippen molar-refractivity contribution in [2.45, 2.75) is 38.4 Å². The Bertz CT molecular complexity index is 448. The van der Waals surface area contributed by atoms with Gasteiger partial charge in [0.15, 0.2) is 6.29 Å². The van der Waals surface area contributed by atoms with Crippen molar-refractivity contribution in [2.75, 3.05) is 0 Å². The minimum atomic E-state index is -1.13. The van der Waals surface area contributed by atoms with Crippen molar-refractivity contribution in [1.82, 2.24) is 0 Å². The molecule has 6 heteroatoms. The second-order valence-electron chi connectivity index (χ2n) is 5.00. The number of aliphatic hydroxyl groups is 2. The molecular weight excluding hydrogens is 276 g/mol. The standard InChI is InChI=1S/C8H6O4.C7H14O2/c9-7(10)5-2-1-3-6(4-5)8(11)12;8-7(9)6-4-2-1-3-5-6/h1-4H,(H,9,10)(H,11,12);6-9H,1-5H2. The molecular formula is C15H20O6. The molecule has 0 aromatic heterocycles. The molecule has 1 fully saturated rings. The van der Waals surface area contributed by atoms with Gasteiger partial charge in [0.25, 0.3) is 0 Å². The molecule has 1 aliphatic carbocycles. The molecule has 0 saturated heterocycles. The van der Waals surface area contributed by atoms with Gasteiger partial charge in [0.1, 0.15) is 0 Å². The number of hydrogen-bond acceptors (Lipinski definition) is 4. The molecule has 21 heavy (non-hydrogen) atoms. The Morgan fingerprint density at radius 2 is 1.43 bits per heavy atom. The zero-order chi connectivity index (χ0) is 15.8. The average molecular weight is 296 g/mol. The number of carboxylic acids is 2. The van der Waals surface area contributed by atoms with E-state index in [0.29, 0.717) is 0 Å². The fourth-order valence-corrected chi connectivity index (χ4v) is 2.22. The average Bonchev–Trinajstić information content (AvgIpc) is 2.49. The molecule has 6 nitrogen and oxygen atoms in total. The Morgan fingerprint density at radius 1 is 0.952 bits per heavy atom. The molecule has 0 radical (unpaired) electrons. The lowest BCUT2D eigenvalue weighted by Crippen LogP contribution is -2.21. The van der Waals surface area contributed by atoms with Gasteiger partial charge in [-0.1, -0.05) is 25.3 Å². The van der Waals surface area contributed by atoms with E-state index >= 15 is 0 Å². The summed E-state index contributed by atoms with van der Waals surface area (Å²) < 4.78 is 0. The van der Waals surface area contributed by atoms with Crippen LogP contribution in [0.15, 0.2) is 24.3 Å². The Kier molecular flexibility index (Phi) is 6.84. The highest BCUT2D eigenvalue weighted by molar-refractivity contribution is 5.93. The van der Waals surface area contributed by atoms with E-state index in [1.165, 1.54) is 37.5 Å². The Hall–Kier alpha value is -1.92. The van der Waals surface area contributed by atoms with E-state index in [4.69, 9.17) is 20.4 Å². The third-order valence-electron chi connectivity index (χ3n) is 3.43. The van der Waals surface area contributed by atoms with Crippen LogP contribution in [-0.4, -0.2) is 38.7 Å². The SMILES string of the molecule is O=C(O)c1cccc(C(=O)O)c1.OC(O)C1CCCCC1. The van der Waals surface area contributed by atoms with E-state index in [1.807, 2.05) is 0 Å². The van der Waals surface area contributed by atoms with E-state index in [9.17, 15) is 9.59 Å². The Labute approximate surface area is 122 Å². The maximum Gasteiger partial charge on any atom is 0.335 e. The van der Waals surface area contributed by atoms with Gasteiger partial charge >= 0.3 is 11.9 Å². The van der Waals surface area contributed by atoms with Crippen LogP contribution in [0.4, 0.5) is 0 Å². The third-order valence-corrected chi connectivity index (χ3v) is 3.43. The summed E-state index contributed by atoms with van der Waals surface area (Å²) in [6.45, 7) is 0. The first-order valence-electron chi connectivity index (χ1n) is 6.84. The largest absolute Gasteiger partial charge is 0.478 e. The summed E-state index contributed by atoms with van der Waals surface area (Å²) in [4.78, 5) is 20.8. The monoisotopic (exact) mass is 296 g/mol. The summed E-state index contributed by atoms with van der Waals surface area (Å²) in [6, 6.07) is 5.20. The summed E-state index contributed by atoms with van der Waals surface area (Å²) in [7, 11) is 0. The van der Waals surface area contributed by atoms with Gasteiger partial charge in [-0.05, 0) is 31.0 Å². The molecule has 4 N–H and O–H groups in total. The molecule has 0 aliphatic heterocycles. The molecule has 0 unspecified atom stereocenters. The first kappa shape index (κ1) is 17.1. The van der Waals surface area contributed by atoms with Crippen LogP contribution in [0.3, 0.4) is 0 Å². The predicted octanol–water partition coefficient (Wildman–Crippen LogP) is 1.96. The van der Waals surface area contributed by atoms with Gasteiger partial charge in [0, 0.05) is 5.92 Å².